The predicted octanol–water partition coefficient (Wildman–Crippen LogP) is 2.65. The summed E-state index contributed by atoms with van der Waals surface area (Å²) in [5.74, 6) is -0.326. The minimum atomic E-state index is -0.749. The van der Waals surface area contributed by atoms with Crippen LogP contribution in [0.5, 0.6) is 0 Å². The van der Waals surface area contributed by atoms with Crippen molar-refractivity contribution in [3.63, 3.8) is 0 Å². The first-order valence-electron chi connectivity index (χ1n) is 10.2. The van der Waals surface area contributed by atoms with Crippen LogP contribution in [-0.2, 0) is 14.3 Å². The van der Waals surface area contributed by atoms with Crippen LogP contribution in [-0.4, -0.2) is 66.0 Å². The van der Waals surface area contributed by atoms with Gasteiger partial charge in [0.25, 0.3) is 11.7 Å². The van der Waals surface area contributed by atoms with E-state index < -0.39 is 17.7 Å². The number of hydrogen-bond acceptors (Lipinski definition) is 6. The molecule has 1 atom stereocenters. The van der Waals surface area contributed by atoms with Crippen molar-refractivity contribution in [2.24, 2.45) is 0 Å². The van der Waals surface area contributed by atoms with Gasteiger partial charge in [-0.25, -0.2) is 0 Å². The van der Waals surface area contributed by atoms with Crippen LogP contribution in [0.15, 0.2) is 46.4 Å². The van der Waals surface area contributed by atoms with Gasteiger partial charge in [0, 0.05) is 31.7 Å². The largest absolute Gasteiger partial charge is 0.507 e. The quantitative estimate of drug-likeness (QED) is 0.464. The Balaban J connectivity index is 1.70. The van der Waals surface area contributed by atoms with Gasteiger partial charge in [-0.3, -0.25) is 14.5 Å². The second-order valence-electron chi connectivity index (χ2n) is 7.76. The SMILES string of the molecule is Cc1ccc(/C(O)=C2\C(=O)C(=O)N(CCN3CCOCC3)[C@H]2c2ccc(C)o2)cc1. The second kappa shape index (κ2) is 8.45. The van der Waals surface area contributed by atoms with Crippen molar-refractivity contribution >= 4 is 17.4 Å². The number of Topliss-reactive ketones (excluding diaryl/α,β-unsaturated/α-hetero) is 1. The molecule has 4 rings (SSSR count). The van der Waals surface area contributed by atoms with Gasteiger partial charge >= 0.3 is 0 Å². The number of nitrogens with zero attached hydrogens (tertiary/aromatic N) is 2. The summed E-state index contributed by atoms with van der Waals surface area (Å²) in [7, 11) is 0. The zero-order valence-electron chi connectivity index (χ0n) is 17.3. The van der Waals surface area contributed by atoms with E-state index in [9.17, 15) is 14.7 Å². The summed E-state index contributed by atoms with van der Waals surface area (Å²) >= 11 is 0. The summed E-state index contributed by atoms with van der Waals surface area (Å²) < 4.78 is 11.2. The highest BCUT2D eigenvalue weighted by molar-refractivity contribution is 6.46. The van der Waals surface area contributed by atoms with Crippen LogP contribution in [0.25, 0.3) is 5.76 Å². The van der Waals surface area contributed by atoms with Gasteiger partial charge in [0.15, 0.2) is 0 Å². The maximum absolute atomic E-state index is 13.0. The summed E-state index contributed by atoms with van der Waals surface area (Å²) in [6.07, 6.45) is 0. The molecule has 0 aliphatic carbocycles. The van der Waals surface area contributed by atoms with E-state index in [4.69, 9.17) is 9.15 Å². The Labute approximate surface area is 175 Å². The number of furan rings is 1. The number of benzene rings is 1. The maximum atomic E-state index is 13.0. The molecule has 0 unspecified atom stereocenters. The molecule has 0 radical (unpaired) electrons. The second-order valence-corrected chi connectivity index (χ2v) is 7.76. The molecule has 30 heavy (non-hydrogen) atoms. The van der Waals surface area contributed by atoms with Crippen molar-refractivity contribution in [1.29, 1.82) is 0 Å². The molecular formula is C23H26N2O5. The average molecular weight is 410 g/mol. The molecule has 0 bridgehead atoms. The molecule has 2 aromatic rings. The Hall–Kier alpha value is -2.90. The number of likely N-dealkylation sites (tertiary alicyclic amines) is 1. The lowest BCUT2D eigenvalue weighted by Gasteiger charge is -2.30. The average Bonchev–Trinajstić information content (AvgIpc) is 3.28. The van der Waals surface area contributed by atoms with Crippen LogP contribution in [0.1, 0.15) is 28.7 Å². The molecule has 1 amide bonds. The molecule has 0 spiro atoms. The zero-order chi connectivity index (χ0) is 21.3. The summed E-state index contributed by atoms with van der Waals surface area (Å²) in [6.45, 7) is 7.63. The molecule has 7 heteroatoms. The molecule has 2 aliphatic rings. The van der Waals surface area contributed by atoms with Gasteiger partial charge in [-0.1, -0.05) is 29.8 Å². The van der Waals surface area contributed by atoms with Crippen molar-refractivity contribution in [3.8, 4) is 0 Å². The Morgan fingerprint density at radius 1 is 1.03 bits per heavy atom. The molecule has 1 aromatic heterocycles. The fraction of sp³-hybridized carbons (Fsp3) is 0.391. The Kier molecular flexibility index (Phi) is 5.74. The Bertz CT molecular complexity index is 970. The normalized spacial score (nSPS) is 22.1. The van der Waals surface area contributed by atoms with Crippen LogP contribution >= 0.6 is 0 Å². The smallest absolute Gasteiger partial charge is 0.295 e. The number of hydrogen-bond donors (Lipinski definition) is 1. The number of morpholine rings is 1. The van der Waals surface area contributed by atoms with E-state index in [1.807, 2.05) is 26.0 Å². The van der Waals surface area contributed by atoms with Gasteiger partial charge < -0.3 is 19.2 Å². The maximum Gasteiger partial charge on any atom is 0.295 e. The van der Waals surface area contributed by atoms with E-state index in [2.05, 4.69) is 4.90 Å². The van der Waals surface area contributed by atoms with Gasteiger partial charge in [0.2, 0.25) is 0 Å². The number of ether oxygens (including phenoxy) is 1. The first kappa shape index (κ1) is 20.4. The van der Waals surface area contributed by atoms with E-state index in [1.54, 1.807) is 24.3 Å². The van der Waals surface area contributed by atoms with Crippen molar-refractivity contribution in [1.82, 2.24) is 9.80 Å². The van der Waals surface area contributed by atoms with Crippen molar-refractivity contribution in [2.75, 3.05) is 39.4 Å². The first-order valence-corrected chi connectivity index (χ1v) is 10.2. The van der Waals surface area contributed by atoms with Crippen LogP contribution in [0.2, 0.25) is 0 Å². The molecule has 7 nitrogen and oxygen atoms in total. The third kappa shape index (κ3) is 3.91. The standard InChI is InChI=1S/C23H26N2O5/c1-15-3-6-17(7-4-15)21(26)19-20(18-8-5-16(2)30-18)25(23(28)22(19)27)10-9-24-11-13-29-14-12-24/h3-8,20,26H,9-14H2,1-2H3/b21-19+/t20-/m0/s1. The van der Waals surface area contributed by atoms with Crippen LogP contribution < -0.4 is 0 Å². The molecule has 0 saturated carbocycles. The highest BCUT2D eigenvalue weighted by Gasteiger charge is 2.47. The number of aliphatic hydroxyl groups is 1. The number of aliphatic hydroxyl groups excluding tert-OH is 1. The van der Waals surface area contributed by atoms with Gasteiger partial charge in [-0.2, -0.15) is 0 Å². The number of aryl methyl sites for hydroxylation is 2. The van der Waals surface area contributed by atoms with Crippen molar-refractivity contribution in [3.05, 3.63) is 64.6 Å². The number of amides is 1. The summed E-state index contributed by atoms with van der Waals surface area (Å²) in [5.41, 5.74) is 1.61. The first-order chi connectivity index (χ1) is 14.5. The van der Waals surface area contributed by atoms with Crippen LogP contribution in [0.4, 0.5) is 0 Å². The van der Waals surface area contributed by atoms with E-state index in [0.717, 1.165) is 18.7 Å². The molecule has 1 aromatic carbocycles. The molecule has 1 N–H and O–H groups in total. The van der Waals surface area contributed by atoms with Gasteiger partial charge in [-0.15, -0.1) is 0 Å². The third-order valence-corrected chi connectivity index (χ3v) is 5.66. The lowest BCUT2D eigenvalue weighted by Crippen LogP contribution is -2.42. The predicted molar refractivity (Wildman–Crippen MR) is 111 cm³/mol. The Morgan fingerprint density at radius 3 is 2.37 bits per heavy atom. The van der Waals surface area contributed by atoms with E-state index in [-0.39, 0.29) is 11.3 Å². The lowest BCUT2D eigenvalue weighted by molar-refractivity contribution is -0.140. The van der Waals surface area contributed by atoms with Crippen LogP contribution in [0.3, 0.4) is 0 Å². The molecule has 158 valence electrons. The van der Waals surface area contributed by atoms with Gasteiger partial charge in [-0.05, 0) is 26.0 Å². The fourth-order valence-electron chi connectivity index (χ4n) is 3.95. The van der Waals surface area contributed by atoms with Crippen molar-refractivity contribution < 1.29 is 23.8 Å². The van der Waals surface area contributed by atoms with Crippen molar-refractivity contribution in [2.45, 2.75) is 19.9 Å². The minimum absolute atomic E-state index is 0.0696. The molecule has 2 fully saturated rings. The Morgan fingerprint density at radius 2 is 1.73 bits per heavy atom. The number of rotatable bonds is 5. The van der Waals surface area contributed by atoms with Gasteiger partial charge in [0.1, 0.15) is 23.3 Å². The fourth-order valence-corrected chi connectivity index (χ4v) is 3.95. The molecule has 2 aliphatic heterocycles. The van der Waals surface area contributed by atoms with E-state index >= 15 is 0 Å². The van der Waals surface area contributed by atoms with E-state index in [1.165, 1.54) is 4.90 Å². The van der Waals surface area contributed by atoms with Gasteiger partial charge in [0.05, 0.1) is 18.8 Å². The highest BCUT2D eigenvalue weighted by Crippen LogP contribution is 2.39. The third-order valence-electron chi connectivity index (χ3n) is 5.66. The van der Waals surface area contributed by atoms with E-state index in [0.29, 0.717) is 43.4 Å². The minimum Gasteiger partial charge on any atom is -0.507 e. The number of carbonyl (C=O) groups is 2. The molecule has 3 heterocycles. The summed E-state index contributed by atoms with van der Waals surface area (Å²) in [6, 6.07) is 10.0. The zero-order valence-corrected chi connectivity index (χ0v) is 17.3. The molecule has 2 saturated heterocycles. The monoisotopic (exact) mass is 410 g/mol. The number of ketones is 1. The number of carbonyl (C=O) groups excluding carboxylic acids is 2. The highest BCUT2D eigenvalue weighted by atomic mass is 16.5. The van der Waals surface area contributed by atoms with Crippen LogP contribution in [0, 0.1) is 13.8 Å². The molecular weight excluding hydrogens is 384 g/mol. The topological polar surface area (TPSA) is 83.2 Å². The summed E-state index contributed by atoms with van der Waals surface area (Å²) in [5, 5.41) is 11.0. The lowest BCUT2D eigenvalue weighted by atomic mass is 9.99. The summed E-state index contributed by atoms with van der Waals surface area (Å²) in [4.78, 5) is 29.6.